The second kappa shape index (κ2) is 6.14. The standard InChI is InChI=1S/C15H14N6O2/c16-11-2-1-3-12(4-11)23-15-5-13(18-9-19-15)10-6-20-21(7-10)8-14(17)22/h1-7,9H,8,16H2,(H2,17,22). The molecule has 4 N–H and O–H groups in total. The van der Waals surface area contributed by atoms with E-state index in [0.717, 1.165) is 5.56 Å². The van der Waals surface area contributed by atoms with Gasteiger partial charge in [0, 0.05) is 29.6 Å². The molecule has 3 rings (SSSR count). The van der Waals surface area contributed by atoms with Gasteiger partial charge in [-0.15, -0.1) is 0 Å². The van der Waals surface area contributed by atoms with E-state index in [0.29, 0.717) is 23.0 Å². The Morgan fingerprint density at radius 2 is 2.13 bits per heavy atom. The van der Waals surface area contributed by atoms with Gasteiger partial charge in [-0.2, -0.15) is 5.10 Å². The first-order chi connectivity index (χ1) is 11.1. The summed E-state index contributed by atoms with van der Waals surface area (Å²) in [6.07, 6.45) is 4.66. The summed E-state index contributed by atoms with van der Waals surface area (Å²) in [6.45, 7) is 0.0116. The van der Waals surface area contributed by atoms with Crippen molar-refractivity contribution in [3.63, 3.8) is 0 Å². The van der Waals surface area contributed by atoms with Gasteiger partial charge in [0.05, 0.1) is 11.9 Å². The highest BCUT2D eigenvalue weighted by atomic mass is 16.5. The Morgan fingerprint density at radius 3 is 2.91 bits per heavy atom. The Hall–Kier alpha value is -3.42. The highest BCUT2D eigenvalue weighted by Gasteiger charge is 2.08. The monoisotopic (exact) mass is 310 g/mol. The van der Waals surface area contributed by atoms with Gasteiger partial charge >= 0.3 is 0 Å². The van der Waals surface area contributed by atoms with E-state index in [1.54, 1.807) is 42.7 Å². The Balaban J connectivity index is 1.82. The lowest BCUT2D eigenvalue weighted by Crippen LogP contribution is -2.18. The first-order valence-electron chi connectivity index (χ1n) is 6.77. The van der Waals surface area contributed by atoms with Crippen LogP contribution in [0.15, 0.2) is 49.1 Å². The normalized spacial score (nSPS) is 10.4. The fourth-order valence-corrected chi connectivity index (χ4v) is 1.99. The van der Waals surface area contributed by atoms with Crippen LogP contribution in [0.3, 0.4) is 0 Å². The molecular formula is C15H14N6O2. The third-order valence-corrected chi connectivity index (χ3v) is 2.97. The molecule has 8 nitrogen and oxygen atoms in total. The molecule has 0 spiro atoms. The molecule has 0 bridgehead atoms. The molecule has 8 heteroatoms. The van der Waals surface area contributed by atoms with Crippen molar-refractivity contribution in [1.82, 2.24) is 19.7 Å². The SMILES string of the molecule is NC(=O)Cn1cc(-c2cc(Oc3cccc(N)c3)ncn2)cn1. The lowest BCUT2D eigenvalue weighted by molar-refractivity contribution is -0.118. The number of hydrogen-bond acceptors (Lipinski definition) is 6. The number of anilines is 1. The van der Waals surface area contributed by atoms with Crippen LogP contribution in [-0.4, -0.2) is 25.7 Å². The number of nitrogen functional groups attached to an aromatic ring is 1. The van der Waals surface area contributed by atoms with Crippen LogP contribution in [0.4, 0.5) is 5.69 Å². The van der Waals surface area contributed by atoms with Crippen molar-refractivity contribution in [2.24, 2.45) is 5.73 Å². The average molecular weight is 310 g/mol. The van der Waals surface area contributed by atoms with Gasteiger partial charge in [0.1, 0.15) is 18.6 Å². The number of amides is 1. The van der Waals surface area contributed by atoms with Crippen LogP contribution in [0.5, 0.6) is 11.6 Å². The summed E-state index contributed by atoms with van der Waals surface area (Å²) in [6, 6.07) is 8.72. The molecule has 0 aliphatic heterocycles. The van der Waals surface area contributed by atoms with E-state index in [-0.39, 0.29) is 6.54 Å². The Morgan fingerprint density at radius 1 is 1.26 bits per heavy atom. The number of ether oxygens (including phenoxy) is 1. The van der Waals surface area contributed by atoms with Crippen molar-refractivity contribution in [3.05, 3.63) is 49.1 Å². The van der Waals surface area contributed by atoms with Gasteiger partial charge in [0.25, 0.3) is 0 Å². The minimum absolute atomic E-state index is 0.0116. The molecule has 2 heterocycles. The van der Waals surface area contributed by atoms with Gasteiger partial charge in [-0.05, 0) is 12.1 Å². The van der Waals surface area contributed by atoms with Crippen LogP contribution in [0.25, 0.3) is 11.3 Å². The summed E-state index contributed by atoms with van der Waals surface area (Å²) >= 11 is 0. The first kappa shape index (κ1) is 14.5. The molecule has 0 aliphatic carbocycles. The molecule has 0 fully saturated rings. The highest BCUT2D eigenvalue weighted by molar-refractivity contribution is 5.73. The molecule has 0 unspecified atom stereocenters. The number of aromatic nitrogens is 4. The number of primary amides is 1. The van der Waals surface area contributed by atoms with Crippen molar-refractivity contribution in [2.45, 2.75) is 6.54 Å². The van der Waals surface area contributed by atoms with E-state index < -0.39 is 5.91 Å². The van der Waals surface area contributed by atoms with Crippen LogP contribution in [0.2, 0.25) is 0 Å². The van der Waals surface area contributed by atoms with Crippen molar-refractivity contribution < 1.29 is 9.53 Å². The van der Waals surface area contributed by atoms with Gasteiger partial charge in [-0.1, -0.05) is 6.07 Å². The number of rotatable bonds is 5. The summed E-state index contributed by atoms with van der Waals surface area (Å²) < 4.78 is 7.10. The zero-order valence-corrected chi connectivity index (χ0v) is 12.1. The van der Waals surface area contributed by atoms with E-state index in [1.165, 1.54) is 11.0 Å². The number of hydrogen-bond donors (Lipinski definition) is 2. The molecule has 0 aliphatic rings. The molecule has 3 aromatic rings. The lowest BCUT2D eigenvalue weighted by atomic mass is 10.2. The van der Waals surface area contributed by atoms with E-state index >= 15 is 0 Å². The number of benzene rings is 1. The number of carbonyl (C=O) groups excluding carboxylic acids is 1. The topological polar surface area (TPSA) is 122 Å². The maximum atomic E-state index is 10.9. The van der Waals surface area contributed by atoms with Gasteiger partial charge in [0.15, 0.2) is 0 Å². The van der Waals surface area contributed by atoms with Crippen molar-refractivity contribution in [2.75, 3.05) is 5.73 Å². The zero-order valence-electron chi connectivity index (χ0n) is 12.1. The predicted molar refractivity (Wildman–Crippen MR) is 83.4 cm³/mol. The Labute approximate surface area is 131 Å². The number of carbonyl (C=O) groups is 1. The number of nitrogens with zero attached hydrogens (tertiary/aromatic N) is 4. The summed E-state index contributed by atoms with van der Waals surface area (Å²) in [7, 11) is 0. The largest absolute Gasteiger partial charge is 0.439 e. The van der Waals surface area contributed by atoms with Gasteiger partial charge in [-0.25, -0.2) is 9.97 Å². The highest BCUT2D eigenvalue weighted by Crippen LogP contribution is 2.24. The first-order valence-corrected chi connectivity index (χ1v) is 6.77. The third kappa shape index (κ3) is 3.62. The fraction of sp³-hybridized carbons (Fsp3) is 0.0667. The molecule has 116 valence electrons. The fourth-order valence-electron chi connectivity index (χ4n) is 1.99. The lowest BCUT2D eigenvalue weighted by Gasteiger charge is -2.06. The third-order valence-electron chi connectivity index (χ3n) is 2.97. The second-order valence-electron chi connectivity index (χ2n) is 4.81. The molecule has 2 aromatic heterocycles. The molecule has 0 atom stereocenters. The van der Waals surface area contributed by atoms with Crippen LogP contribution < -0.4 is 16.2 Å². The maximum absolute atomic E-state index is 10.9. The summed E-state index contributed by atoms with van der Waals surface area (Å²) in [4.78, 5) is 19.2. The molecule has 23 heavy (non-hydrogen) atoms. The molecule has 0 saturated carbocycles. The van der Waals surface area contributed by atoms with Crippen LogP contribution in [0.1, 0.15) is 0 Å². The van der Waals surface area contributed by atoms with Crippen LogP contribution in [0, 0.1) is 0 Å². The molecule has 0 radical (unpaired) electrons. The van der Waals surface area contributed by atoms with Gasteiger partial charge in [0.2, 0.25) is 11.8 Å². The quantitative estimate of drug-likeness (QED) is 0.683. The average Bonchev–Trinajstić information content (AvgIpc) is 2.95. The Bertz CT molecular complexity index is 845. The predicted octanol–water partition coefficient (Wildman–Crippen LogP) is 1.20. The van der Waals surface area contributed by atoms with E-state index in [1.807, 2.05) is 0 Å². The van der Waals surface area contributed by atoms with Crippen LogP contribution in [-0.2, 0) is 11.3 Å². The number of nitrogens with two attached hydrogens (primary N) is 2. The minimum Gasteiger partial charge on any atom is -0.439 e. The summed E-state index contributed by atoms with van der Waals surface area (Å²) in [5.41, 5.74) is 12.8. The molecule has 1 amide bonds. The molecule has 1 aromatic carbocycles. The van der Waals surface area contributed by atoms with Crippen molar-refractivity contribution in [3.8, 4) is 22.9 Å². The van der Waals surface area contributed by atoms with Crippen LogP contribution >= 0.6 is 0 Å². The van der Waals surface area contributed by atoms with E-state index in [4.69, 9.17) is 16.2 Å². The van der Waals surface area contributed by atoms with Gasteiger partial charge in [-0.3, -0.25) is 9.48 Å². The summed E-state index contributed by atoms with van der Waals surface area (Å²) in [5.74, 6) is 0.496. The van der Waals surface area contributed by atoms with Crippen molar-refractivity contribution in [1.29, 1.82) is 0 Å². The molecule has 0 saturated heterocycles. The summed E-state index contributed by atoms with van der Waals surface area (Å²) in [5, 5.41) is 4.06. The zero-order chi connectivity index (χ0) is 16.2. The second-order valence-corrected chi connectivity index (χ2v) is 4.81. The smallest absolute Gasteiger partial charge is 0.239 e. The van der Waals surface area contributed by atoms with Crippen molar-refractivity contribution >= 4 is 11.6 Å². The van der Waals surface area contributed by atoms with E-state index in [2.05, 4.69) is 15.1 Å². The van der Waals surface area contributed by atoms with E-state index in [9.17, 15) is 4.79 Å². The minimum atomic E-state index is -0.465. The molecular weight excluding hydrogens is 296 g/mol. The Kier molecular flexibility index (Phi) is 3.88. The maximum Gasteiger partial charge on any atom is 0.239 e. The van der Waals surface area contributed by atoms with Gasteiger partial charge < -0.3 is 16.2 Å².